The molecule has 0 radical (unpaired) electrons. The molecule has 0 spiro atoms. The van der Waals surface area contributed by atoms with E-state index in [-0.39, 0.29) is 17.9 Å². The van der Waals surface area contributed by atoms with Gasteiger partial charge < -0.3 is 15.5 Å². The lowest BCUT2D eigenvalue weighted by atomic mass is 10.1. The van der Waals surface area contributed by atoms with Crippen LogP contribution in [0, 0.1) is 5.82 Å². The Morgan fingerprint density at radius 1 is 1.29 bits per heavy atom. The molecule has 1 aromatic carbocycles. The summed E-state index contributed by atoms with van der Waals surface area (Å²) in [5.41, 5.74) is 0.947. The van der Waals surface area contributed by atoms with Crippen molar-refractivity contribution in [3.63, 3.8) is 0 Å². The van der Waals surface area contributed by atoms with Crippen molar-refractivity contribution in [2.75, 3.05) is 46.8 Å². The average Bonchev–Trinajstić information content (AvgIpc) is 3.01. The first-order chi connectivity index (χ1) is 13.2. The normalized spacial score (nSPS) is 19.9. The van der Waals surface area contributed by atoms with Crippen LogP contribution in [0.3, 0.4) is 0 Å². The molecular weight excluding hydrogens is 374 g/mol. The first-order valence-corrected chi connectivity index (χ1v) is 9.43. The Bertz CT molecular complexity index is 630. The van der Waals surface area contributed by atoms with Crippen molar-refractivity contribution in [1.82, 2.24) is 20.4 Å². The van der Waals surface area contributed by atoms with Crippen LogP contribution in [0.5, 0.6) is 0 Å². The number of alkyl halides is 3. The highest BCUT2D eigenvalue weighted by atomic mass is 19.4. The first kappa shape index (κ1) is 22.4. The highest BCUT2D eigenvalue weighted by Gasteiger charge is 2.34. The van der Waals surface area contributed by atoms with Gasteiger partial charge in [0, 0.05) is 25.7 Å². The van der Waals surface area contributed by atoms with Crippen molar-refractivity contribution >= 4 is 5.96 Å². The number of guanidine groups is 1. The van der Waals surface area contributed by atoms with Gasteiger partial charge in [-0.3, -0.25) is 9.89 Å². The number of aliphatic imine (C=N–C) groups is 1. The van der Waals surface area contributed by atoms with Gasteiger partial charge in [-0.25, -0.2) is 4.39 Å². The van der Waals surface area contributed by atoms with Crippen molar-refractivity contribution in [2.45, 2.75) is 31.6 Å². The predicted molar refractivity (Wildman–Crippen MR) is 103 cm³/mol. The maximum atomic E-state index is 13.2. The Balaban J connectivity index is 1.99. The minimum Gasteiger partial charge on any atom is -0.357 e. The molecule has 2 unspecified atom stereocenters. The average molecular weight is 403 g/mol. The molecule has 0 amide bonds. The smallest absolute Gasteiger partial charge is 0.357 e. The summed E-state index contributed by atoms with van der Waals surface area (Å²) in [6.45, 7) is 2.88. The Kier molecular flexibility index (Phi) is 8.06. The van der Waals surface area contributed by atoms with Gasteiger partial charge in [-0.2, -0.15) is 13.2 Å². The van der Waals surface area contributed by atoms with E-state index in [4.69, 9.17) is 0 Å². The second kappa shape index (κ2) is 10.1. The summed E-state index contributed by atoms with van der Waals surface area (Å²) in [5.74, 6) is 0.291. The molecule has 0 aliphatic carbocycles. The summed E-state index contributed by atoms with van der Waals surface area (Å²) in [6.07, 6.45) is -3.54. The van der Waals surface area contributed by atoms with Crippen LogP contribution in [0.4, 0.5) is 17.6 Å². The molecule has 1 aromatic rings. The summed E-state index contributed by atoms with van der Waals surface area (Å²) in [5, 5.41) is 6.39. The molecule has 28 heavy (non-hydrogen) atoms. The fourth-order valence-corrected chi connectivity index (χ4v) is 3.29. The van der Waals surface area contributed by atoms with Gasteiger partial charge in [-0.1, -0.05) is 12.1 Å². The van der Waals surface area contributed by atoms with Gasteiger partial charge >= 0.3 is 6.18 Å². The van der Waals surface area contributed by atoms with Crippen LogP contribution in [-0.4, -0.2) is 74.8 Å². The number of rotatable bonds is 7. The van der Waals surface area contributed by atoms with Crippen molar-refractivity contribution in [2.24, 2.45) is 4.99 Å². The lowest BCUT2D eigenvalue weighted by Gasteiger charge is -2.24. The summed E-state index contributed by atoms with van der Waals surface area (Å²) in [6, 6.07) is 6.20. The van der Waals surface area contributed by atoms with Gasteiger partial charge in [-0.15, -0.1) is 0 Å². The van der Waals surface area contributed by atoms with Crippen molar-refractivity contribution < 1.29 is 17.6 Å². The summed E-state index contributed by atoms with van der Waals surface area (Å²) >= 11 is 0. The largest absolute Gasteiger partial charge is 0.401 e. The van der Waals surface area contributed by atoms with Gasteiger partial charge in [0.2, 0.25) is 0 Å². The lowest BCUT2D eigenvalue weighted by molar-refractivity contribution is -0.143. The fourth-order valence-electron chi connectivity index (χ4n) is 3.29. The Labute approximate surface area is 163 Å². The second-order valence-corrected chi connectivity index (χ2v) is 7.23. The van der Waals surface area contributed by atoms with Crippen LogP contribution in [0.25, 0.3) is 0 Å². The zero-order valence-corrected chi connectivity index (χ0v) is 16.6. The third-order valence-corrected chi connectivity index (χ3v) is 4.66. The van der Waals surface area contributed by atoms with Gasteiger partial charge in [0.1, 0.15) is 5.82 Å². The molecule has 158 valence electrons. The topological polar surface area (TPSA) is 42.9 Å². The van der Waals surface area contributed by atoms with Crippen molar-refractivity contribution in [3.8, 4) is 0 Å². The van der Waals surface area contributed by atoms with Crippen LogP contribution < -0.4 is 10.6 Å². The van der Waals surface area contributed by atoms with Crippen molar-refractivity contribution in [1.29, 1.82) is 0 Å². The zero-order valence-electron chi connectivity index (χ0n) is 16.6. The number of likely N-dealkylation sites (N-methyl/N-ethyl adjacent to an activating group) is 1. The molecule has 5 nitrogen and oxygen atoms in total. The SMILES string of the molecule is CCNC(=NCC(c1ccc(F)cc1)N(C)C)NC1CCN(CC(F)(F)F)C1. The molecule has 0 saturated carbocycles. The van der Waals surface area contributed by atoms with Crippen LogP contribution in [0.1, 0.15) is 24.9 Å². The molecule has 1 heterocycles. The van der Waals surface area contributed by atoms with E-state index in [9.17, 15) is 17.6 Å². The molecular formula is C19H29F4N5. The number of halogens is 4. The van der Waals surface area contributed by atoms with E-state index in [1.165, 1.54) is 17.0 Å². The molecule has 1 aliphatic heterocycles. The summed E-state index contributed by atoms with van der Waals surface area (Å²) < 4.78 is 50.9. The minimum absolute atomic E-state index is 0.0404. The van der Waals surface area contributed by atoms with Crippen LogP contribution in [0.2, 0.25) is 0 Å². The van der Waals surface area contributed by atoms with E-state index < -0.39 is 12.7 Å². The molecule has 2 rings (SSSR count). The van der Waals surface area contributed by atoms with E-state index >= 15 is 0 Å². The molecule has 0 aromatic heterocycles. The number of nitrogens with zero attached hydrogens (tertiary/aromatic N) is 3. The number of hydrogen-bond donors (Lipinski definition) is 2. The fraction of sp³-hybridized carbons (Fsp3) is 0.632. The maximum Gasteiger partial charge on any atom is 0.401 e. The molecule has 2 atom stereocenters. The van der Waals surface area contributed by atoms with Gasteiger partial charge in [-0.05, 0) is 45.1 Å². The van der Waals surface area contributed by atoms with Gasteiger partial charge in [0.15, 0.2) is 5.96 Å². The lowest BCUT2D eigenvalue weighted by Crippen LogP contribution is -2.45. The van der Waals surface area contributed by atoms with E-state index in [2.05, 4.69) is 15.6 Å². The number of hydrogen-bond acceptors (Lipinski definition) is 3. The predicted octanol–water partition coefficient (Wildman–Crippen LogP) is 2.62. The van der Waals surface area contributed by atoms with Crippen LogP contribution >= 0.6 is 0 Å². The quantitative estimate of drug-likeness (QED) is 0.417. The number of nitrogens with one attached hydrogen (secondary N) is 2. The molecule has 1 aliphatic rings. The van der Waals surface area contributed by atoms with Crippen molar-refractivity contribution in [3.05, 3.63) is 35.6 Å². The van der Waals surface area contributed by atoms with Crippen LogP contribution in [-0.2, 0) is 0 Å². The zero-order chi connectivity index (χ0) is 20.7. The second-order valence-electron chi connectivity index (χ2n) is 7.23. The van der Waals surface area contributed by atoms with E-state index in [1.807, 2.05) is 25.9 Å². The highest BCUT2D eigenvalue weighted by Crippen LogP contribution is 2.21. The molecule has 0 bridgehead atoms. The Morgan fingerprint density at radius 2 is 1.96 bits per heavy atom. The number of benzene rings is 1. The van der Waals surface area contributed by atoms with Crippen LogP contribution in [0.15, 0.2) is 29.3 Å². The minimum atomic E-state index is -4.18. The van der Waals surface area contributed by atoms with E-state index in [1.54, 1.807) is 12.1 Å². The summed E-state index contributed by atoms with van der Waals surface area (Å²) in [4.78, 5) is 8.02. The third kappa shape index (κ3) is 7.27. The Morgan fingerprint density at radius 3 is 2.54 bits per heavy atom. The molecule has 2 N–H and O–H groups in total. The standard InChI is InChI=1S/C19H29F4N5/c1-4-24-18(26-16-9-10-28(12-16)13-19(21,22)23)25-11-17(27(2)3)14-5-7-15(20)8-6-14/h5-8,16-17H,4,9-13H2,1-3H3,(H2,24,25,26). The third-order valence-electron chi connectivity index (χ3n) is 4.66. The van der Waals surface area contributed by atoms with Gasteiger partial charge in [0.05, 0.1) is 19.1 Å². The van der Waals surface area contributed by atoms with Gasteiger partial charge in [0.25, 0.3) is 0 Å². The molecule has 1 fully saturated rings. The Hall–Kier alpha value is -1.87. The summed E-state index contributed by atoms with van der Waals surface area (Å²) in [7, 11) is 3.85. The van der Waals surface area contributed by atoms with E-state index in [0.29, 0.717) is 38.6 Å². The number of likely N-dealkylation sites (tertiary alicyclic amines) is 1. The van der Waals surface area contributed by atoms with E-state index in [0.717, 1.165) is 5.56 Å². The monoisotopic (exact) mass is 403 g/mol. The first-order valence-electron chi connectivity index (χ1n) is 9.43. The molecule has 1 saturated heterocycles. The molecule has 9 heteroatoms. The maximum absolute atomic E-state index is 13.2. The highest BCUT2D eigenvalue weighted by molar-refractivity contribution is 5.80.